The van der Waals surface area contributed by atoms with E-state index in [9.17, 15) is 9.59 Å². The lowest BCUT2D eigenvalue weighted by Crippen LogP contribution is -2.38. The highest BCUT2D eigenvalue weighted by Gasteiger charge is 2.23. The summed E-state index contributed by atoms with van der Waals surface area (Å²) < 4.78 is 1.70. The van der Waals surface area contributed by atoms with Gasteiger partial charge >= 0.3 is 0 Å². The first-order valence-corrected chi connectivity index (χ1v) is 12.0. The lowest BCUT2D eigenvalue weighted by molar-refractivity contribution is -0.116. The van der Waals surface area contributed by atoms with E-state index in [0.717, 1.165) is 24.2 Å². The third kappa shape index (κ3) is 6.26. The maximum Gasteiger partial charge on any atom is 0.254 e. The van der Waals surface area contributed by atoms with Gasteiger partial charge in [-0.05, 0) is 54.8 Å². The Bertz CT molecular complexity index is 1130. The van der Waals surface area contributed by atoms with Gasteiger partial charge in [0.25, 0.3) is 5.91 Å². The molecule has 0 spiro atoms. The maximum absolute atomic E-state index is 13.1. The zero-order chi connectivity index (χ0) is 24.9. The molecule has 3 aromatic rings. The van der Waals surface area contributed by atoms with Crippen LogP contribution in [-0.4, -0.2) is 39.6 Å². The lowest BCUT2D eigenvalue weighted by Gasteiger charge is -2.22. The van der Waals surface area contributed by atoms with E-state index in [-0.39, 0.29) is 23.8 Å². The second-order valence-corrected chi connectivity index (χ2v) is 9.81. The number of aromatic nitrogens is 2. The Morgan fingerprint density at radius 1 is 1.03 bits per heavy atom. The molecule has 1 heterocycles. The van der Waals surface area contributed by atoms with Crippen LogP contribution in [0.15, 0.2) is 54.6 Å². The fourth-order valence-corrected chi connectivity index (χ4v) is 3.69. The molecule has 3 rings (SSSR count). The molecule has 0 atom stereocenters. The summed E-state index contributed by atoms with van der Waals surface area (Å²) in [5.74, 6) is 0.122. The Morgan fingerprint density at radius 2 is 1.68 bits per heavy atom. The standard InChI is InChI=1S/C27H33ClN4O2/c1-6-16-31(26(34)20-10-8-19(7-2)9-11-20)18-25(33)29-24-17-23(27(3,4)5)30-32(24)22-14-12-21(28)13-15-22/h8-15,17H,6-7,16,18H2,1-5H3,(H,29,33). The zero-order valence-corrected chi connectivity index (χ0v) is 21.3. The first kappa shape index (κ1) is 25.5. The van der Waals surface area contributed by atoms with Gasteiger partial charge in [-0.15, -0.1) is 0 Å². The quantitative estimate of drug-likeness (QED) is 0.438. The van der Waals surface area contributed by atoms with E-state index in [1.54, 1.807) is 21.7 Å². The van der Waals surface area contributed by atoms with E-state index < -0.39 is 0 Å². The van der Waals surface area contributed by atoms with Crippen molar-refractivity contribution in [1.29, 1.82) is 0 Å². The fraction of sp³-hybridized carbons (Fsp3) is 0.370. The van der Waals surface area contributed by atoms with Crippen molar-refractivity contribution in [2.24, 2.45) is 0 Å². The van der Waals surface area contributed by atoms with Crippen molar-refractivity contribution in [3.8, 4) is 5.69 Å². The first-order valence-electron chi connectivity index (χ1n) is 11.7. The molecule has 0 aliphatic carbocycles. The van der Waals surface area contributed by atoms with Crippen molar-refractivity contribution < 1.29 is 9.59 Å². The van der Waals surface area contributed by atoms with Gasteiger partial charge in [0.1, 0.15) is 12.4 Å². The second-order valence-electron chi connectivity index (χ2n) is 9.38. The van der Waals surface area contributed by atoms with E-state index in [2.05, 4.69) is 33.0 Å². The number of amides is 2. The largest absolute Gasteiger partial charge is 0.329 e. The fourth-order valence-electron chi connectivity index (χ4n) is 3.56. The average molecular weight is 481 g/mol. The molecule has 1 N–H and O–H groups in total. The predicted octanol–water partition coefficient (Wildman–Crippen LogP) is 5.88. The summed E-state index contributed by atoms with van der Waals surface area (Å²) in [7, 11) is 0. The number of carbonyl (C=O) groups excluding carboxylic acids is 2. The summed E-state index contributed by atoms with van der Waals surface area (Å²) >= 11 is 6.05. The summed E-state index contributed by atoms with van der Waals surface area (Å²) in [6.45, 7) is 10.7. The Hall–Kier alpha value is -3.12. The number of nitrogens with zero attached hydrogens (tertiary/aromatic N) is 3. The molecule has 2 amide bonds. The SMILES string of the molecule is CCCN(CC(=O)Nc1cc(C(C)(C)C)nn1-c1ccc(Cl)cc1)C(=O)c1ccc(CC)cc1. The highest BCUT2D eigenvalue weighted by atomic mass is 35.5. The van der Waals surface area contributed by atoms with Gasteiger partial charge in [-0.1, -0.05) is 58.4 Å². The third-order valence-corrected chi connectivity index (χ3v) is 5.79. The summed E-state index contributed by atoms with van der Waals surface area (Å²) in [5.41, 5.74) is 3.18. The van der Waals surface area contributed by atoms with Crippen LogP contribution in [0, 0.1) is 0 Å². The summed E-state index contributed by atoms with van der Waals surface area (Å²) in [6.07, 6.45) is 1.66. The monoisotopic (exact) mass is 480 g/mol. The Balaban J connectivity index is 1.83. The molecule has 0 saturated heterocycles. The van der Waals surface area contributed by atoms with Crippen molar-refractivity contribution in [2.45, 2.75) is 52.9 Å². The molecule has 34 heavy (non-hydrogen) atoms. The average Bonchev–Trinajstić information content (AvgIpc) is 3.23. The molecule has 0 radical (unpaired) electrons. The number of nitrogens with one attached hydrogen (secondary N) is 1. The number of halogens is 1. The normalized spacial score (nSPS) is 11.4. The van der Waals surface area contributed by atoms with Crippen LogP contribution < -0.4 is 5.32 Å². The number of benzene rings is 2. The highest BCUT2D eigenvalue weighted by molar-refractivity contribution is 6.30. The molecular formula is C27H33ClN4O2. The van der Waals surface area contributed by atoms with Crippen LogP contribution in [0.3, 0.4) is 0 Å². The van der Waals surface area contributed by atoms with E-state index in [4.69, 9.17) is 16.7 Å². The van der Waals surface area contributed by atoms with Crippen LogP contribution in [0.25, 0.3) is 5.69 Å². The third-order valence-electron chi connectivity index (χ3n) is 5.54. The molecule has 0 unspecified atom stereocenters. The molecule has 2 aromatic carbocycles. The predicted molar refractivity (Wildman–Crippen MR) is 138 cm³/mol. The van der Waals surface area contributed by atoms with E-state index in [1.807, 2.05) is 49.4 Å². The van der Waals surface area contributed by atoms with Crippen molar-refractivity contribution in [3.63, 3.8) is 0 Å². The van der Waals surface area contributed by atoms with Crippen LogP contribution in [0.4, 0.5) is 5.82 Å². The van der Waals surface area contributed by atoms with Gasteiger partial charge in [0.15, 0.2) is 0 Å². The molecule has 0 bridgehead atoms. The molecular weight excluding hydrogens is 448 g/mol. The van der Waals surface area contributed by atoms with Crippen LogP contribution in [0.1, 0.15) is 62.7 Å². The minimum absolute atomic E-state index is 0.0428. The molecule has 180 valence electrons. The number of carbonyl (C=O) groups is 2. The summed E-state index contributed by atoms with van der Waals surface area (Å²) in [6, 6.07) is 16.7. The Labute approximate surface area is 206 Å². The van der Waals surface area contributed by atoms with Crippen LogP contribution in [-0.2, 0) is 16.6 Å². The minimum Gasteiger partial charge on any atom is -0.329 e. The molecule has 6 nitrogen and oxygen atoms in total. The molecule has 0 aliphatic rings. The van der Waals surface area contributed by atoms with E-state index in [1.165, 1.54) is 5.56 Å². The molecule has 0 fully saturated rings. The topological polar surface area (TPSA) is 67.2 Å². The molecule has 0 aliphatic heterocycles. The van der Waals surface area contributed by atoms with Gasteiger partial charge in [-0.2, -0.15) is 5.10 Å². The summed E-state index contributed by atoms with van der Waals surface area (Å²) in [4.78, 5) is 27.7. The van der Waals surface area contributed by atoms with Crippen molar-refractivity contribution in [1.82, 2.24) is 14.7 Å². The number of hydrogen-bond acceptors (Lipinski definition) is 3. The highest BCUT2D eigenvalue weighted by Crippen LogP contribution is 2.27. The van der Waals surface area contributed by atoms with Gasteiger partial charge in [-0.3, -0.25) is 9.59 Å². The molecule has 1 aromatic heterocycles. The van der Waals surface area contributed by atoms with Crippen molar-refractivity contribution in [3.05, 3.63) is 76.4 Å². The number of hydrogen-bond donors (Lipinski definition) is 1. The van der Waals surface area contributed by atoms with E-state index >= 15 is 0 Å². The first-order chi connectivity index (χ1) is 16.1. The van der Waals surface area contributed by atoms with Gasteiger partial charge in [0.05, 0.1) is 11.4 Å². The van der Waals surface area contributed by atoms with Gasteiger partial charge < -0.3 is 10.2 Å². The zero-order valence-electron chi connectivity index (χ0n) is 20.6. The van der Waals surface area contributed by atoms with Crippen LogP contribution >= 0.6 is 11.6 Å². The second kappa shape index (κ2) is 10.9. The van der Waals surface area contributed by atoms with Crippen LogP contribution in [0.2, 0.25) is 5.02 Å². The van der Waals surface area contributed by atoms with E-state index in [0.29, 0.717) is 22.9 Å². The smallest absolute Gasteiger partial charge is 0.254 e. The van der Waals surface area contributed by atoms with Crippen molar-refractivity contribution in [2.75, 3.05) is 18.4 Å². The van der Waals surface area contributed by atoms with Gasteiger partial charge in [0.2, 0.25) is 5.91 Å². The summed E-state index contributed by atoms with van der Waals surface area (Å²) in [5, 5.41) is 8.31. The number of rotatable bonds is 8. The van der Waals surface area contributed by atoms with Crippen molar-refractivity contribution >= 4 is 29.2 Å². The minimum atomic E-state index is -0.275. The van der Waals surface area contributed by atoms with Crippen LogP contribution in [0.5, 0.6) is 0 Å². The Morgan fingerprint density at radius 3 is 2.24 bits per heavy atom. The molecule has 0 saturated carbocycles. The Kier molecular flexibility index (Phi) is 8.15. The number of anilines is 1. The lowest BCUT2D eigenvalue weighted by atomic mass is 9.92. The van der Waals surface area contributed by atoms with Gasteiger partial charge in [0, 0.05) is 28.6 Å². The number of aryl methyl sites for hydroxylation is 1. The van der Waals surface area contributed by atoms with Gasteiger partial charge in [-0.25, -0.2) is 4.68 Å². The molecule has 7 heteroatoms. The maximum atomic E-state index is 13.1.